The number of rotatable bonds is 6. The third-order valence-electron chi connectivity index (χ3n) is 3.75. The molecule has 2 rings (SSSR count). The van der Waals surface area contributed by atoms with Gasteiger partial charge in [0.2, 0.25) is 11.8 Å². The van der Waals surface area contributed by atoms with Gasteiger partial charge in [0.25, 0.3) is 0 Å². The number of hydrogen-bond donors (Lipinski definition) is 2. The molecule has 1 atom stereocenters. The van der Waals surface area contributed by atoms with Gasteiger partial charge in [0.15, 0.2) is 0 Å². The zero-order valence-electron chi connectivity index (χ0n) is 13.7. The fraction of sp³-hybridized carbons (Fsp3) is 0.438. The average Bonchev–Trinajstić information content (AvgIpc) is 2.58. The quantitative estimate of drug-likeness (QED) is 0.710. The third kappa shape index (κ3) is 4.69. The van der Waals surface area contributed by atoms with Crippen LogP contribution in [0.5, 0.6) is 5.75 Å². The molecule has 1 aromatic rings. The van der Waals surface area contributed by atoms with E-state index in [1.165, 1.54) is 7.11 Å². The summed E-state index contributed by atoms with van der Waals surface area (Å²) in [5.74, 6) is -0.329. The summed E-state index contributed by atoms with van der Waals surface area (Å²) in [5.41, 5.74) is 0.631. The van der Waals surface area contributed by atoms with Crippen LogP contribution in [0.25, 0.3) is 0 Å². The van der Waals surface area contributed by atoms with E-state index in [1.807, 2.05) is 0 Å². The second-order valence-corrected chi connectivity index (χ2v) is 5.33. The fourth-order valence-corrected chi connectivity index (χ4v) is 2.47. The molecule has 1 saturated heterocycles. The summed E-state index contributed by atoms with van der Waals surface area (Å²) in [7, 11) is 2.83. The molecule has 0 radical (unpaired) electrons. The molecule has 0 spiro atoms. The maximum absolute atomic E-state index is 12.2. The summed E-state index contributed by atoms with van der Waals surface area (Å²) in [6, 6.07) is 6.23. The number of carbonyl (C=O) groups excluding carboxylic acids is 3. The molecule has 0 aromatic heterocycles. The van der Waals surface area contributed by atoms with Crippen LogP contribution in [0.2, 0.25) is 0 Å². The van der Waals surface area contributed by atoms with Crippen molar-refractivity contribution in [2.75, 3.05) is 39.2 Å². The van der Waals surface area contributed by atoms with Crippen LogP contribution in [0.4, 0.5) is 5.69 Å². The van der Waals surface area contributed by atoms with E-state index in [1.54, 1.807) is 36.3 Å². The van der Waals surface area contributed by atoms with E-state index in [0.29, 0.717) is 24.5 Å². The zero-order chi connectivity index (χ0) is 17.5. The van der Waals surface area contributed by atoms with Gasteiger partial charge in [0.1, 0.15) is 11.8 Å². The largest absolute Gasteiger partial charge is 0.497 e. The number of nitrogens with zero attached hydrogens (tertiary/aromatic N) is 1. The molecule has 1 heterocycles. The van der Waals surface area contributed by atoms with Gasteiger partial charge in [-0.05, 0) is 24.3 Å². The predicted octanol–water partition coefficient (Wildman–Crippen LogP) is -0.00280. The molecule has 1 unspecified atom stereocenters. The van der Waals surface area contributed by atoms with E-state index in [2.05, 4.69) is 15.4 Å². The summed E-state index contributed by atoms with van der Waals surface area (Å²) in [4.78, 5) is 37.3. The Kier molecular flexibility index (Phi) is 6.14. The fourth-order valence-electron chi connectivity index (χ4n) is 2.47. The highest BCUT2D eigenvalue weighted by molar-refractivity contribution is 5.93. The van der Waals surface area contributed by atoms with Crippen molar-refractivity contribution >= 4 is 23.5 Å². The molecule has 0 bridgehead atoms. The van der Waals surface area contributed by atoms with Crippen molar-refractivity contribution in [3.8, 4) is 5.75 Å². The Hall–Kier alpha value is -2.61. The van der Waals surface area contributed by atoms with E-state index in [-0.39, 0.29) is 24.8 Å². The maximum atomic E-state index is 12.2. The highest BCUT2D eigenvalue weighted by Crippen LogP contribution is 2.15. The Morgan fingerprint density at radius 2 is 2.00 bits per heavy atom. The van der Waals surface area contributed by atoms with Crippen LogP contribution in [0.15, 0.2) is 24.3 Å². The van der Waals surface area contributed by atoms with E-state index in [4.69, 9.17) is 4.74 Å². The van der Waals surface area contributed by atoms with Gasteiger partial charge >= 0.3 is 5.97 Å². The summed E-state index contributed by atoms with van der Waals surface area (Å²) in [6.07, 6.45) is -0.0852. The van der Waals surface area contributed by atoms with Gasteiger partial charge in [-0.15, -0.1) is 0 Å². The van der Waals surface area contributed by atoms with Gasteiger partial charge in [-0.2, -0.15) is 0 Å². The van der Waals surface area contributed by atoms with Gasteiger partial charge in [-0.3, -0.25) is 19.3 Å². The lowest BCUT2D eigenvalue weighted by Gasteiger charge is -2.33. The molecule has 1 aliphatic rings. The summed E-state index contributed by atoms with van der Waals surface area (Å²) in [5, 5.41) is 5.45. The molecule has 8 nitrogen and oxygen atoms in total. The second kappa shape index (κ2) is 8.30. The Morgan fingerprint density at radius 3 is 2.62 bits per heavy atom. The van der Waals surface area contributed by atoms with Crippen molar-refractivity contribution in [1.29, 1.82) is 0 Å². The Bertz CT molecular complexity index is 602. The molecule has 1 aliphatic heterocycles. The number of methoxy groups -OCH3 is 2. The van der Waals surface area contributed by atoms with Gasteiger partial charge in [-0.1, -0.05) is 0 Å². The number of piperazine rings is 1. The molecular weight excluding hydrogens is 314 g/mol. The molecule has 1 fully saturated rings. The second-order valence-electron chi connectivity index (χ2n) is 5.33. The predicted molar refractivity (Wildman–Crippen MR) is 86.6 cm³/mol. The van der Waals surface area contributed by atoms with Crippen molar-refractivity contribution < 1.29 is 23.9 Å². The molecule has 0 saturated carbocycles. The minimum absolute atomic E-state index is 0.0150. The van der Waals surface area contributed by atoms with Gasteiger partial charge in [0, 0.05) is 18.8 Å². The number of nitrogens with one attached hydrogen (secondary N) is 2. The summed E-state index contributed by atoms with van der Waals surface area (Å²) in [6.45, 7) is 0.941. The molecule has 2 amide bonds. The smallest absolute Gasteiger partial charge is 0.307 e. The lowest BCUT2D eigenvalue weighted by molar-refractivity contribution is -0.146. The minimum Gasteiger partial charge on any atom is -0.497 e. The van der Waals surface area contributed by atoms with Crippen molar-refractivity contribution in [1.82, 2.24) is 10.2 Å². The molecule has 8 heteroatoms. The standard InChI is InChI=1S/C16H21N3O5/c1-23-12-5-3-11(4-6-12)18-14(20)10-19-8-7-17-16(22)13(19)9-15(21)24-2/h3-6,13H,7-10H2,1-2H3,(H,17,22)(H,18,20). The zero-order valence-corrected chi connectivity index (χ0v) is 13.7. The lowest BCUT2D eigenvalue weighted by Crippen LogP contribution is -2.57. The van der Waals surface area contributed by atoms with Crippen LogP contribution in [0.3, 0.4) is 0 Å². The number of benzene rings is 1. The number of carbonyl (C=O) groups is 3. The molecule has 2 N–H and O–H groups in total. The first-order valence-electron chi connectivity index (χ1n) is 7.56. The molecule has 1 aromatic carbocycles. The SMILES string of the molecule is COC(=O)CC1C(=O)NCCN1CC(=O)Nc1ccc(OC)cc1. The van der Waals surface area contributed by atoms with Gasteiger partial charge in [0.05, 0.1) is 27.2 Å². The number of esters is 1. The Balaban J connectivity index is 1.96. The Morgan fingerprint density at radius 1 is 1.29 bits per heavy atom. The number of hydrogen-bond acceptors (Lipinski definition) is 6. The maximum Gasteiger partial charge on any atom is 0.307 e. The number of amides is 2. The summed E-state index contributed by atoms with van der Waals surface area (Å²) < 4.78 is 9.67. The van der Waals surface area contributed by atoms with Gasteiger partial charge < -0.3 is 20.1 Å². The third-order valence-corrected chi connectivity index (χ3v) is 3.75. The van der Waals surface area contributed by atoms with Crippen LogP contribution in [0, 0.1) is 0 Å². The molecular formula is C16H21N3O5. The van der Waals surface area contributed by atoms with Crippen molar-refractivity contribution in [3.63, 3.8) is 0 Å². The monoisotopic (exact) mass is 335 g/mol. The number of ether oxygens (including phenoxy) is 2. The van der Waals surface area contributed by atoms with E-state index < -0.39 is 12.0 Å². The van der Waals surface area contributed by atoms with Crippen molar-refractivity contribution in [2.24, 2.45) is 0 Å². The van der Waals surface area contributed by atoms with Crippen LogP contribution >= 0.6 is 0 Å². The molecule has 24 heavy (non-hydrogen) atoms. The topological polar surface area (TPSA) is 97.0 Å². The minimum atomic E-state index is -0.701. The normalized spacial score (nSPS) is 17.8. The molecule has 130 valence electrons. The van der Waals surface area contributed by atoms with E-state index in [9.17, 15) is 14.4 Å². The average molecular weight is 335 g/mol. The first-order chi connectivity index (χ1) is 11.5. The van der Waals surface area contributed by atoms with Crippen molar-refractivity contribution in [2.45, 2.75) is 12.5 Å². The Labute approximate surface area is 140 Å². The first-order valence-corrected chi connectivity index (χ1v) is 7.56. The van der Waals surface area contributed by atoms with E-state index in [0.717, 1.165) is 0 Å². The number of anilines is 1. The summed E-state index contributed by atoms with van der Waals surface area (Å²) >= 11 is 0. The van der Waals surface area contributed by atoms with E-state index >= 15 is 0 Å². The van der Waals surface area contributed by atoms with Crippen molar-refractivity contribution in [3.05, 3.63) is 24.3 Å². The van der Waals surface area contributed by atoms with Crippen LogP contribution in [-0.2, 0) is 19.1 Å². The molecule has 0 aliphatic carbocycles. The van der Waals surface area contributed by atoms with Crippen LogP contribution in [-0.4, -0.2) is 62.6 Å². The highest BCUT2D eigenvalue weighted by Gasteiger charge is 2.32. The van der Waals surface area contributed by atoms with Crippen LogP contribution < -0.4 is 15.4 Å². The lowest BCUT2D eigenvalue weighted by atomic mass is 10.1. The highest BCUT2D eigenvalue weighted by atomic mass is 16.5. The van der Waals surface area contributed by atoms with Crippen LogP contribution in [0.1, 0.15) is 6.42 Å². The first kappa shape index (κ1) is 17.7. The van der Waals surface area contributed by atoms with Gasteiger partial charge in [-0.25, -0.2) is 0 Å².